The van der Waals surface area contributed by atoms with Crippen LogP contribution in [-0.4, -0.2) is 58.0 Å². The molecule has 0 aromatic heterocycles. The molecule has 0 amide bonds. The van der Waals surface area contributed by atoms with Crippen molar-refractivity contribution in [3.63, 3.8) is 0 Å². The molecule has 5 nitrogen and oxygen atoms in total. The number of hydrogen-bond donors (Lipinski definition) is 0. The van der Waals surface area contributed by atoms with E-state index in [1.165, 1.54) is 4.31 Å². The molecule has 0 N–H and O–H groups in total. The van der Waals surface area contributed by atoms with Crippen molar-refractivity contribution >= 4 is 21.6 Å². The van der Waals surface area contributed by atoms with Crippen molar-refractivity contribution in [1.29, 1.82) is 0 Å². The fourth-order valence-electron chi connectivity index (χ4n) is 3.23. The lowest BCUT2D eigenvalue weighted by Crippen LogP contribution is -2.38. The van der Waals surface area contributed by atoms with Gasteiger partial charge < -0.3 is 9.64 Å². The average molecular weight is 395 g/mol. The smallest absolute Gasteiger partial charge is 0.243 e. The molecule has 140 valence electrons. The Morgan fingerprint density at radius 1 is 1.19 bits per heavy atom. The van der Waals surface area contributed by atoms with Crippen LogP contribution in [0.3, 0.4) is 0 Å². The molecular weight excluding hydrogens is 372 g/mol. The Labute approximate surface area is 160 Å². The van der Waals surface area contributed by atoms with Crippen LogP contribution in [0.2, 0.25) is 5.02 Å². The van der Waals surface area contributed by atoms with Crippen LogP contribution in [0.1, 0.15) is 6.42 Å². The van der Waals surface area contributed by atoms with E-state index in [0.29, 0.717) is 10.8 Å². The number of nitrogens with zero attached hydrogens (tertiary/aromatic N) is 2. The monoisotopic (exact) mass is 394 g/mol. The number of sulfonamides is 1. The summed E-state index contributed by atoms with van der Waals surface area (Å²) in [7, 11) is 1.74. The zero-order valence-electron chi connectivity index (χ0n) is 15.1. The van der Waals surface area contributed by atoms with E-state index >= 15 is 0 Å². The molecule has 1 aliphatic heterocycles. The van der Waals surface area contributed by atoms with E-state index in [0.717, 1.165) is 30.6 Å². The van der Waals surface area contributed by atoms with Crippen LogP contribution in [0.4, 0.5) is 0 Å². The van der Waals surface area contributed by atoms with Crippen molar-refractivity contribution in [3.05, 3.63) is 47.5 Å². The van der Waals surface area contributed by atoms with Crippen molar-refractivity contribution in [2.24, 2.45) is 0 Å². The average Bonchev–Trinajstić information content (AvgIpc) is 3.08. The van der Waals surface area contributed by atoms with Crippen LogP contribution in [0.25, 0.3) is 11.1 Å². The lowest BCUT2D eigenvalue weighted by atomic mass is 10.1. The van der Waals surface area contributed by atoms with Gasteiger partial charge in [0.25, 0.3) is 0 Å². The number of benzene rings is 2. The topological polar surface area (TPSA) is 49.9 Å². The summed E-state index contributed by atoms with van der Waals surface area (Å²) in [5.74, 6) is 0.700. The Balaban J connectivity index is 1.87. The summed E-state index contributed by atoms with van der Waals surface area (Å²) in [4.78, 5) is 2.43. The molecule has 1 fully saturated rings. The lowest BCUT2D eigenvalue weighted by Gasteiger charge is -2.24. The van der Waals surface area contributed by atoms with Gasteiger partial charge in [-0.25, -0.2) is 8.42 Å². The van der Waals surface area contributed by atoms with Crippen LogP contribution in [-0.2, 0) is 10.0 Å². The summed E-state index contributed by atoms with van der Waals surface area (Å²) in [6.07, 6.45) is 0.851. The Morgan fingerprint density at radius 2 is 1.88 bits per heavy atom. The van der Waals surface area contributed by atoms with Crippen molar-refractivity contribution in [1.82, 2.24) is 9.21 Å². The second-order valence-corrected chi connectivity index (χ2v) is 9.00. The van der Waals surface area contributed by atoms with Gasteiger partial charge in [0.2, 0.25) is 10.0 Å². The molecule has 2 aromatic carbocycles. The molecule has 26 heavy (non-hydrogen) atoms. The van der Waals surface area contributed by atoms with E-state index in [2.05, 4.69) is 4.90 Å². The van der Waals surface area contributed by atoms with Crippen LogP contribution in [0.5, 0.6) is 5.75 Å². The van der Waals surface area contributed by atoms with Gasteiger partial charge in [0.1, 0.15) is 5.75 Å². The van der Waals surface area contributed by atoms with Crippen LogP contribution in [0, 0.1) is 0 Å². The molecule has 0 spiro atoms. The van der Waals surface area contributed by atoms with Gasteiger partial charge in [-0.1, -0.05) is 23.7 Å². The molecular formula is C19H23ClN2O3S. The van der Waals surface area contributed by atoms with Gasteiger partial charge in [0, 0.05) is 30.2 Å². The molecule has 0 saturated carbocycles. The molecule has 1 heterocycles. The van der Waals surface area contributed by atoms with Crippen molar-refractivity contribution in [2.75, 3.05) is 34.3 Å². The predicted molar refractivity (Wildman–Crippen MR) is 104 cm³/mol. The lowest BCUT2D eigenvalue weighted by molar-refractivity contribution is 0.345. The first-order valence-electron chi connectivity index (χ1n) is 8.43. The zero-order chi connectivity index (χ0) is 18.9. The molecule has 3 rings (SSSR count). The summed E-state index contributed by atoms with van der Waals surface area (Å²) in [5.41, 5.74) is 1.65. The fourth-order valence-corrected chi connectivity index (χ4v) is 4.83. The largest absolute Gasteiger partial charge is 0.497 e. The van der Waals surface area contributed by atoms with Gasteiger partial charge in [0.05, 0.1) is 12.0 Å². The van der Waals surface area contributed by atoms with E-state index in [1.54, 1.807) is 50.6 Å². The van der Waals surface area contributed by atoms with Gasteiger partial charge in [-0.3, -0.25) is 0 Å². The maximum Gasteiger partial charge on any atom is 0.243 e. The number of halogens is 1. The number of rotatable bonds is 5. The Morgan fingerprint density at radius 3 is 2.46 bits per heavy atom. The maximum absolute atomic E-state index is 12.9. The van der Waals surface area contributed by atoms with Crippen LogP contribution < -0.4 is 4.74 Å². The minimum atomic E-state index is -3.52. The highest BCUT2D eigenvalue weighted by atomic mass is 35.5. The third-order valence-electron chi connectivity index (χ3n) is 4.90. The van der Waals surface area contributed by atoms with Crippen molar-refractivity contribution < 1.29 is 13.2 Å². The highest BCUT2D eigenvalue weighted by molar-refractivity contribution is 7.89. The van der Waals surface area contributed by atoms with E-state index in [9.17, 15) is 8.42 Å². The number of hydrogen-bond acceptors (Lipinski definition) is 4. The molecule has 0 radical (unpaired) electrons. The molecule has 0 aliphatic carbocycles. The number of likely N-dealkylation sites (tertiary alicyclic amines) is 1. The summed E-state index contributed by atoms with van der Waals surface area (Å²) in [6, 6.07) is 12.2. The Bertz CT molecular complexity index is 884. The summed E-state index contributed by atoms with van der Waals surface area (Å²) in [6.45, 7) is 1.67. The van der Waals surface area contributed by atoms with Gasteiger partial charge >= 0.3 is 0 Å². The minimum absolute atomic E-state index is 0.0116. The third-order valence-corrected chi connectivity index (χ3v) is 7.15. The normalized spacial score (nSPS) is 18.4. The number of methoxy groups -OCH3 is 1. The first-order valence-corrected chi connectivity index (χ1v) is 10.3. The molecule has 1 atom stereocenters. The molecule has 1 saturated heterocycles. The van der Waals surface area contributed by atoms with Gasteiger partial charge in [-0.15, -0.1) is 0 Å². The van der Waals surface area contributed by atoms with E-state index in [-0.39, 0.29) is 10.9 Å². The number of likely N-dealkylation sites (N-methyl/N-ethyl adjacent to an activating group) is 2. The van der Waals surface area contributed by atoms with E-state index < -0.39 is 10.0 Å². The fraction of sp³-hybridized carbons (Fsp3) is 0.368. The summed E-state index contributed by atoms with van der Waals surface area (Å²) < 4.78 is 32.5. The second-order valence-electron chi connectivity index (χ2n) is 6.60. The first-order chi connectivity index (χ1) is 12.3. The molecule has 2 aromatic rings. The van der Waals surface area contributed by atoms with E-state index in [1.807, 2.05) is 13.1 Å². The predicted octanol–water partition coefficient (Wildman–Crippen LogP) is 3.34. The van der Waals surface area contributed by atoms with Crippen molar-refractivity contribution in [2.45, 2.75) is 17.4 Å². The van der Waals surface area contributed by atoms with Crippen LogP contribution in [0.15, 0.2) is 47.4 Å². The van der Waals surface area contributed by atoms with Crippen molar-refractivity contribution in [3.8, 4) is 16.9 Å². The Kier molecular flexibility index (Phi) is 5.58. The summed E-state index contributed by atoms with van der Waals surface area (Å²) in [5, 5.41) is 0.590. The Hall–Kier alpha value is -1.60. The van der Waals surface area contributed by atoms with Gasteiger partial charge in [-0.2, -0.15) is 4.31 Å². The molecule has 1 aliphatic rings. The first kappa shape index (κ1) is 19.2. The molecule has 0 bridgehead atoms. The molecule has 7 heteroatoms. The number of ether oxygens (including phenoxy) is 1. The summed E-state index contributed by atoms with van der Waals surface area (Å²) >= 11 is 6.28. The van der Waals surface area contributed by atoms with E-state index in [4.69, 9.17) is 16.3 Å². The quantitative estimate of drug-likeness (QED) is 0.780. The highest BCUT2D eigenvalue weighted by Gasteiger charge is 2.31. The van der Waals surface area contributed by atoms with Crippen LogP contribution >= 0.6 is 11.6 Å². The third kappa shape index (κ3) is 3.74. The zero-order valence-corrected chi connectivity index (χ0v) is 16.7. The van der Waals surface area contributed by atoms with Gasteiger partial charge in [0.15, 0.2) is 0 Å². The maximum atomic E-state index is 12.9. The SMILES string of the molecule is COc1ccc(Cl)c(-c2ccc(S(=O)(=O)N(C)C3CCN(C)C3)cc2)c1. The second kappa shape index (κ2) is 7.56. The minimum Gasteiger partial charge on any atom is -0.497 e. The van der Waals surface area contributed by atoms with Gasteiger partial charge in [-0.05, 0) is 55.9 Å². The highest BCUT2D eigenvalue weighted by Crippen LogP contribution is 2.32. The molecule has 1 unspecified atom stereocenters. The standard InChI is InChI=1S/C19H23ClN2O3S/c1-21-11-10-15(13-21)22(2)26(23,24)17-7-4-14(5-8-17)18-12-16(25-3)6-9-19(18)20/h4-9,12,15H,10-11,13H2,1-3H3.